The number of hydrogen-bond donors (Lipinski definition) is 1. The molecule has 0 aromatic heterocycles. The first-order chi connectivity index (χ1) is 16.0. The average molecular weight is 445 g/mol. The highest BCUT2D eigenvalue weighted by Crippen LogP contribution is 2.16. The van der Waals surface area contributed by atoms with E-state index in [1.54, 1.807) is 12.1 Å². The van der Waals surface area contributed by atoms with Crippen molar-refractivity contribution in [2.75, 3.05) is 26.2 Å². The van der Waals surface area contributed by atoms with Gasteiger partial charge in [-0.1, -0.05) is 42.0 Å². The minimum atomic E-state index is -0.211. The molecule has 0 radical (unpaired) electrons. The molecule has 33 heavy (non-hydrogen) atoms. The van der Waals surface area contributed by atoms with Crippen LogP contribution >= 0.6 is 0 Å². The summed E-state index contributed by atoms with van der Waals surface area (Å²) >= 11 is 0. The Kier molecular flexibility index (Phi) is 7.15. The standard InChI is InChI=1S/C27H29FN4O/c1-20-6-3-9-23(16-20)26(33)30-27(29-25-11-4-7-21(2)17-25)32-14-12-31(13-15-32)19-22-8-5-10-24(28)18-22/h3-11,16-18H,12-15,19H2,1-2H3,(H,29,30,33). The molecule has 5 nitrogen and oxygen atoms in total. The Bertz CT molecular complexity index is 1150. The normalized spacial score (nSPS) is 14.9. The molecule has 1 heterocycles. The van der Waals surface area contributed by atoms with Gasteiger partial charge in [-0.3, -0.25) is 15.0 Å². The van der Waals surface area contributed by atoms with Crippen LogP contribution in [0.4, 0.5) is 10.1 Å². The Morgan fingerprint density at radius 3 is 2.30 bits per heavy atom. The van der Waals surface area contributed by atoms with E-state index < -0.39 is 0 Å². The van der Waals surface area contributed by atoms with Crippen LogP contribution in [0.2, 0.25) is 0 Å². The number of rotatable bonds is 4. The molecule has 6 heteroatoms. The van der Waals surface area contributed by atoms with Gasteiger partial charge in [-0.2, -0.15) is 0 Å². The number of nitrogens with zero attached hydrogens (tertiary/aromatic N) is 3. The number of aryl methyl sites for hydroxylation is 2. The Morgan fingerprint density at radius 2 is 1.61 bits per heavy atom. The zero-order valence-electron chi connectivity index (χ0n) is 19.1. The number of piperazine rings is 1. The third-order valence-corrected chi connectivity index (χ3v) is 5.71. The van der Waals surface area contributed by atoms with Gasteiger partial charge < -0.3 is 4.90 Å². The molecule has 170 valence electrons. The Morgan fingerprint density at radius 1 is 0.909 bits per heavy atom. The van der Waals surface area contributed by atoms with E-state index in [2.05, 4.69) is 15.1 Å². The van der Waals surface area contributed by atoms with Crippen molar-refractivity contribution < 1.29 is 9.18 Å². The second-order valence-electron chi connectivity index (χ2n) is 8.49. The molecule has 0 saturated carbocycles. The molecule has 1 aliphatic heterocycles. The predicted molar refractivity (Wildman–Crippen MR) is 130 cm³/mol. The number of aliphatic imine (C=N–C) groups is 1. The number of benzene rings is 3. The van der Waals surface area contributed by atoms with E-state index in [4.69, 9.17) is 4.99 Å². The summed E-state index contributed by atoms with van der Waals surface area (Å²) in [6, 6.07) is 22.2. The van der Waals surface area contributed by atoms with Crippen LogP contribution < -0.4 is 5.32 Å². The number of carbonyl (C=O) groups is 1. The number of hydrogen-bond acceptors (Lipinski definition) is 3. The largest absolute Gasteiger partial charge is 0.340 e. The highest BCUT2D eigenvalue weighted by Gasteiger charge is 2.22. The number of halogens is 1. The van der Waals surface area contributed by atoms with Gasteiger partial charge in [-0.15, -0.1) is 0 Å². The van der Waals surface area contributed by atoms with Crippen molar-refractivity contribution in [1.29, 1.82) is 0 Å². The van der Waals surface area contributed by atoms with Crippen LogP contribution in [-0.4, -0.2) is 47.8 Å². The van der Waals surface area contributed by atoms with Crippen molar-refractivity contribution in [1.82, 2.24) is 15.1 Å². The van der Waals surface area contributed by atoms with Crippen molar-refractivity contribution >= 4 is 17.6 Å². The zero-order valence-corrected chi connectivity index (χ0v) is 19.1. The lowest BCUT2D eigenvalue weighted by atomic mass is 10.1. The van der Waals surface area contributed by atoms with Gasteiger partial charge in [0.25, 0.3) is 5.91 Å². The first kappa shape index (κ1) is 22.7. The maximum Gasteiger partial charge on any atom is 0.257 e. The van der Waals surface area contributed by atoms with Crippen molar-refractivity contribution in [3.05, 3.63) is 101 Å². The quantitative estimate of drug-likeness (QED) is 0.470. The summed E-state index contributed by atoms with van der Waals surface area (Å²) in [6.45, 7) is 7.71. The third-order valence-electron chi connectivity index (χ3n) is 5.71. The Labute approximate surface area is 194 Å². The highest BCUT2D eigenvalue weighted by molar-refractivity contribution is 6.06. The molecule has 0 spiro atoms. The zero-order chi connectivity index (χ0) is 23.2. The SMILES string of the molecule is Cc1cccc(N=C(NC(=O)c2cccc(C)c2)N2CCN(Cc3cccc(F)c3)CC2)c1. The summed E-state index contributed by atoms with van der Waals surface area (Å²) in [7, 11) is 0. The van der Waals surface area contributed by atoms with E-state index in [1.807, 2.05) is 68.4 Å². The van der Waals surface area contributed by atoms with E-state index in [-0.39, 0.29) is 11.7 Å². The second-order valence-corrected chi connectivity index (χ2v) is 8.49. The number of amides is 1. The van der Waals surface area contributed by atoms with Crippen LogP contribution in [0.3, 0.4) is 0 Å². The van der Waals surface area contributed by atoms with Gasteiger partial charge in [-0.05, 0) is 61.4 Å². The van der Waals surface area contributed by atoms with Crippen molar-refractivity contribution in [2.45, 2.75) is 20.4 Å². The highest BCUT2D eigenvalue weighted by atomic mass is 19.1. The van der Waals surface area contributed by atoms with Crippen LogP contribution in [0.25, 0.3) is 0 Å². The molecule has 1 amide bonds. The van der Waals surface area contributed by atoms with Crippen LogP contribution in [0, 0.1) is 19.7 Å². The molecule has 1 aliphatic rings. The van der Waals surface area contributed by atoms with Crippen molar-refractivity contribution in [2.24, 2.45) is 4.99 Å². The minimum Gasteiger partial charge on any atom is -0.340 e. The first-order valence-electron chi connectivity index (χ1n) is 11.2. The van der Waals surface area contributed by atoms with Gasteiger partial charge in [-0.25, -0.2) is 9.38 Å². The molecular weight excluding hydrogens is 415 g/mol. The minimum absolute atomic E-state index is 0.174. The predicted octanol–water partition coefficient (Wildman–Crippen LogP) is 4.68. The summed E-state index contributed by atoms with van der Waals surface area (Å²) in [4.78, 5) is 22.2. The first-order valence-corrected chi connectivity index (χ1v) is 11.2. The number of carbonyl (C=O) groups excluding carboxylic acids is 1. The van der Waals surface area contributed by atoms with E-state index in [1.165, 1.54) is 6.07 Å². The summed E-state index contributed by atoms with van der Waals surface area (Å²) < 4.78 is 13.5. The van der Waals surface area contributed by atoms with Crippen molar-refractivity contribution in [3.8, 4) is 0 Å². The van der Waals surface area contributed by atoms with Gasteiger partial charge in [0.1, 0.15) is 5.82 Å². The summed E-state index contributed by atoms with van der Waals surface area (Å²) in [5.74, 6) is 0.169. The monoisotopic (exact) mass is 444 g/mol. The molecule has 3 aromatic rings. The molecule has 0 unspecified atom stereocenters. The lowest BCUT2D eigenvalue weighted by molar-refractivity contribution is 0.0967. The van der Waals surface area contributed by atoms with Gasteiger partial charge in [0.15, 0.2) is 0 Å². The fourth-order valence-electron chi connectivity index (χ4n) is 3.97. The Hall–Kier alpha value is -3.51. The van der Waals surface area contributed by atoms with Crippen LogP contribution in [0.1, 0.15) is 27.0 Å². The lowest BCUT2D eigenvalue weighted by Crippen LogP contribution is -2.53. The lowest BCUT2D eigenvalue weighted by Gasteiger charge is -2.36. The van der Waals surface area contributed by atoms with Crippen LogP contribution in [0.5, 0.6) is 0 Å². The second kappa shape index (κ2) is 10.4. The van der Waals surface area contributed by atoms with Crippen molar-refractivity contribution in [3.63, 3.8) is 0 Å². The molecule has 0 atom stereocenters. The van der Waals surface area contributed by atoms with Crippen LogP contribution in [-0.2, 0) is 6.54 Å². The maximum absolute atomic E-state index is 13.5. The number of guanidine groups is 1. The molecule has 1 fully saturated rings. The fraction of sp³-hybridized carbons (Fsp3) is 0.259. The van der Waals surface area contributed by atoms with Gasteiger partial charge in [0.2, 0.25) is 5.96 Å². The van der Waals surface area contributed by atoms with E-state index in [9.17, 15) is 9.18 Å². The fourth-order valence-corrected chi connectivity index (χ4v) is 3.97. The van der Waals surface area contributed by atoms with Gasteiger partial charge in [0, 0.05) is 38.3 Å². The molecule has 4 rings (SSSR count). The topological polar surface area (TPSA) is 47.9 Å². The Balaban J connectivity index is 1.49. The molecule has 3 aromatic carbocycles. The maximum atomic E-state index is 13.5. The average Bonchev–Trinajstić information content (AvgIpc) is 2.79. The molecule has 0 bridgehead atoms. The van der Waals surface area contributed by atoms with E-state index in [0.717, 1.165) is 35.5 Å². The molecule has 0 aliphatic carbocycles. The summed E-state index contributed by atoms with van der Waals surface area (Å²) in [6.07, 6.45) is 0. The smallest absolute Gasteiger partial charge is 0.257 e. The molecule has 1 saturated heterocycles. The van der Waals surface area contributed by atoms with E-state index in [0.29, 0.717) is 31.2 Å². The molecule has 1 N–H and O–H groups in total. The third kappa shape index (κ3) is 6.26. The molecular formula is C27H29FN4O. The van der Waals surface area contributed by atoms with E-state index >= 15 is 0 Å². The van der Waals surface area contributed by atoms with Gasteiger partial charge in [0.05, 0.1) is 5.69 Å². The summed E-state index contributed by atoms with van der Waals surface area (Å²) in [5.41, 5.74) is 4.52. The van der Waals surface area contributed by atoms with Gasteiger partial charge >= 0.3 is 0 Å². The number of nitrogens with one attached hydrogen (secondary N) is 1. The summed E-state index contributed by atoms with van der Waals surface area (Å²) in [5, 5.41) is 3.04. The van der Waals surface area contributed by atoms with Crippen LogP contribution in [0.15, 0.2) is 77.8 Å².